The van der Waals surface area contributed by atoms with Gasteiger partial charge in [-0.3, -0.25) is 9.36 Å². The van der Waals surface area contributed by atoms with Crippen LogP contribution < -0.4 is 11.2 Å². The molecule has 2 heterocycles. The summed E-state index contributed by atoms with van der Waals surface area (Å²) in [6.45, 7) is 1.92. The maximum atomic E-state index is 14.0. The van der Waals surface area contributed by atoms with Crippen molar-refractivity contribution in [3.8, 4) is 22.8 Å². The average Bonchev–Trinajstić information content (AvgIpc) is 3.33. The lowest BCUT2D eigenvalue weighted by atomic mass is 10.1. The molecule has 0 fully saturated rings. The number of aromatic nitrogens is 4. The summed E-state index contributed by atoms with van der Waals surface area (Å²) in [6.07, 6.45) is 0.940. The Labute approximate surface area is 187 Å². The largest absolute Gasteiger partial charge is 0.334 e. The van der Waals surface area contributed by atoms with Gasteiger partial charge in [-0.15, -0.1) is 0 Å². The predicted octanol–water partition coefficient (Wildman–Crippen LogP) is 4.16. The molecule has 1 N–H and O–H groups in total. The Bertz CT molecular complexity index is 1580. The van der Waals surface area contributed by atoms with Gasteiger partial charge in [-0.2, -0.15) is 4.98 Å². The number of halogens is 1. The van der Waals surface area contributed by atoms with E-state index in [2.05, 4.69) is 22.0 Å². The molecule has 5 rings (SSSR count). The summed E-state index contributed by atoms with van der Waals surface area (Å²) in [4.78, 5) is 32.7. The van der Waals surface area contributed by atoms with Gasteiger partial charge in [-0.25, -0.2) is 9.18 Å². The van der Waals surface area contributed by atoms with Crippen LogP contribution in [0.5, 0.6) is 0 Å². The fourth-order valence-electron chi connectivity index (χ4n) is 3.68. The first-order valence-corrected chi connectivity index (χ1v) is 10.5. The number of hydrogen-bond acceptors (Lipinski definition) is 5. The van der Waals surface area contributed by atoms with Crippen molar-refractivity contribution in [2.75, 3.05) is 0 Å². The molecule has 0 aliphatic rings. The van der Waals surface area contributed by atoms with Crippen LogP contribution in [0.2, 0.25) is 0 Å². The van der Waals surface area contributed by atoms with Gasteiger partial charge in [-0.05, 0) is 36.2 Å². The van der Waals surface area contributed by atoms with E-state index < -0.39 is 17.1 Å². The number of fused-ring (bicyclic) bond motifs is 1. The lowest BCUT2D eigenvalue weighted by Crippen LogP contribution is -2.35. The Kier molecular flexibility index (Phi) is 5.18. The highest BCUT2D eigenvalue weighted by Gasteiger charge is 2.14. The van der Waals surface area contributed by atoms with Gasteiger partial charge in [0.15, 0.2) is 0 Å². The topological polar surface area (TPSA) is 93.8 Å². The minimum absolute atomic E-state index is 0.164. The van der Waals surface area contributed by atoms with E-state index in [0.717, 1.165) is 16.6 Å². The number of nitrogens with one attached hydrogen (secondary N) is 1. The van der Waals surface area contributed by atoms with E-state index in [1.165, 1.54) is 17.7 Å². The van der Waals surface area contributed by atoms with E-state index in [1.54, 1.807) is 30.3 Å². The predicted molar refractivity (Wildman–Crippen MR) is 122 cm³/mol. The molecule has 0 amide bonds. The van der Waals surface area contributed by atoms with E-state index in [4.69, 9.17) is 4.52 Å². The van der Waals surface area contributed by atoms with Crippen LogP contribution >= 0.6 is 0 Å². The molecule has 3 aromatic carbocycles. The quantitative estimate of drug-likeness (QED) is 0.441. The summed E-state index contributed by atoms with van der Waals surface area (Å²) in [5, 5.41) is 4.34. The van der Waals surface area contributed by atoms with Crippen LogP contribution in [-0.4, -0.2) is 19.7 Å². The highest BCUT2D eigenvalue weighted by Crippen LogP contribution is 2.24. The molecule has 2 aromatic heterocycles. The molecule has 0 aliphatic carbocycles. The third kappa shape index (κ3) is 3.87. The van der Waals surface area contributed by atoms with Crippen LogP contribution in [0.15, 0.2) is 80.8 Å². The summed E-state index contributed by atoms with van der Waals surface area (Å²) in [5.74, 6) is 0.236. The molecule has 8 heteroatoms. The zero-order valence-electron chi connectivity index (χ0n) is 17.7. The van der Waals surface area contributed by atoms with Crippen molar-refractivity contribution in [3.63, 3.8) is 0 Å². The van der Waals surface area contributed by atoms with Crippen molar-refractivity contribution in [1.29, 1.82) is 0 Å². The maximum Gasteiger partial charge on any atom is 0.329 e. The van der Waals surface area contributed by atoms with Gasteiger partial charge in [0, 0.05) is 16.7 Å². The summed E-state index contributed by atoms with van der Waals surface area (Å²) in [5.41, 5.74) is 2.05. The molecule has 0 spiro atoms. The van der Waals surface area contributed by atoms with Crippen LogP contribution in [-0.2, 0) is 13.0 Å². The van der Waals surface area contributed by atoms with Crippen LogP contribution in [0.25, 0.3) is 33.7 Å². The summed E-state index contributed by atoms with van der Waals surface area (Å²) in [7, 11) is 0. The van der Waals surface area contributed by atoms with E-state index in [0.29, 0.717) is 22.3 Å². The Balaban J connectivity index is 1.50. The summed E-state index contributed by atoms with van der Waals surface area (Å²) < 4.78 is 20.4. The Morgan fingerprint density at radius 1 is 1.00 bits per heavy atom. The molecule has 5 aromatic rings. The lowest BCUT2D eigenvalue weighted by molar-refractivity contribution is 0.432. The van der Waals surface area contributed by atoms with Crippen molar-refractivity contribution < 1.29 is 8.91 Å². The van der Waals surface area contributed by atoms with Crippen molar-refractivity contribution in [3.05, 3.63) is 105 Å². The standard InChI is InChI=1S/C25H19FN4O3/c1-2-15-7-9-16(10-8-15)22-28-23(33-29-22)17-11-12-19-21(13-17)27-25(32)30(24(19)31)14-18-5-3-4-6-20(18)26/h3-13H,2,14H2,1H3,(H,27,32). The van der Waals surface area contributed by atoms with Crippen LogP contribution in [0.4, 0.5) is 4.39 Å². The molecule has 0 saturated carbocycles. The average molecular weight is 442 g/mol. The third-order valence-electron chi connectivity index (χ3n) is 5.56. The highest BCUT2D eigenvalue weighted by atomic mass is 19.1. The molecule has 0 saturated heterocycles. The van der Waals surface area contributed by atoms with Gasteiger partial charge in [0.2, 0.25) is 5.82 Å². The number of nitrogens with zero attached hydrogens (tertiary/aromatic N) is 3. The lowest BCUT2D eigenvalue weighted by Gasteiger charge is -2.08. The highest BCUT2D eigenvalue weighted by molar-refractivity contribution is 5.82. The fourth-order valence-corrected chi connectivity index (χ4v) is 3.68. The molecule has 0 radical (unpaired) electrons. The summed E-state index contributed by atoms with van der Waals surface area (Å²) in [6, 6.07) is 18.8. The number of benzene rings is 3. The second-order valence-corrected chi connectivity index (χ2v) is 7.65. The van der Waals surface area contributed by atoms with Crippen LogP contribution in [0, 0.1) is 5.82 Å². The Morgan fingerprint density at radius 2 is 1.76 bits per heavy atom. The van der Waals surface area contributed by atoms with Gasteiger partial charge in [-0.1, -0.05) is 54.5 Å². The van der Waals surface area contributed by atoms with E-state index in [9.17, 15) is 14.0 Å². The number of rotatable bonds is 5. The molecule has 0 aliphatic heterocycles. The zero-order chi connectivity index (χ0) is 22.9. The molecule has 7 nitrogen and oxygen atoms in total. The molecule has 164 valence electrons. The minimum atomic E-state index is -0.630. The Morgan fingerprint density at radius 3 is 2.52 bits per heavy atom. The molecule has 0 bridgehead atoms. The number of H-pyrrole nitrogens is 1. The molecule has 0 atom stereocenters. The normalized spacial score (nSPS) is 11.2. The second-order valence-electron chi connectivity index (χ2n) is 7.65. The molecular formula is C25H19FN4O3. The fraction of sp³-hybridized carbons (Fsp3) is 0.120. The summed E-state index contributed by atoms with van der Waals surface area (Å²) >= 11 is 0. The zero-order valence-corrected chi connectivity index (χ0v) is 17.7. The smallest absolute Gasteiger partial charge is 0.329 e. The van der Waals surface area contributed by atoms with Gasteiger partial charge < -0.3 is 9.51 Å². The van der Waals surface area contributed by atoms with Crippen LogP contribution in [0.1, 0.15) is 18.1 Å². The monoisotopic (exact) mass is 442 g/mol. The van der Waals surface area contributed by atoms with Gasteiger partial charge in [0.05, 0.1) is 17.4 Å². The maximum absolute atomic E-state index is 14.0. The SMILES string of the molecule is CCc1ccc(-c2noc(-c3ccc4c(=O)n(Cc5ccccc5F)c(=O)[nH]c4c3)n2)cc1. The minimum Gasteiger partial charge on any atom is -0.334 e. The van der Waals surface area contributed by atoms with E-state index in [-0.39, 0.29) is 18.0 Å². The number of aryl methyl sites for hydroxylation is 1. The van der Waals surface area contributed by atoms with E-state index >= 15 is 0 Å². The van der Waals surface area contributed by atoms with E-state index in [1.807, 2.05) is 24.3 Å². The van der Waals surface area contributed by atoms with Gasteiger partial charge in [0.25, 0.3) is 11.4 Å². The molecule has 0 unspecified atom stereocenters. The van der Waals surface area contributed by atoms with Crippen molar-refractivity contribution in [1.82, 2.24) is 19.7 Å². The van der Waals surface area contributed by atoms with Gasteiger partial charge in [0.1, 0.15) is 5.82 Å². The van der Waals surface area contributed by atoms with Crippen molar-refractivity contribution >= 4 is 10.9 Å². The van der Waals surface area contributed by atoms with Crippen molar-refractivity contribution in [2.45, 2.75) is 19.9 Å². The third-order valence-corrected chi connectivity index (χ3v) is 5.56. The first kappa shape index (κ1) is 20.6. The molecule has 33 heavy (non-hydrogen) atoms. The first-order valence-electron chi connectivity index (χ1n) is 10.5. The number of aromatic amines is 1. The van der Waals surface area contributed by atoms with Gasteiger partial charge >= 0.3 is 5.69 Å². The molecular weight excluding hydrogens is 423 g/mol. The first-order chi connectivity index (χ1) is 16.0. The number of hydrogen-bond donors (Lipinski definition) is 1. The Hall–Kier alpha value is -4.33. The second kappa shape index (κ2) is 8.31. The van der Waals surface area contributed by atoms with Crippen molar-refractivity contribution in [2.24, 2.45) is 0 Å². The van der Waals surface area contributed by atoms with Crippen LogP contribution in [0.3, 0.4) is 0 Å².